The lowest BCUT2D eigenvalue weighted by atomic mass is 10.1. The van der Waals surface area contributed by atoms with Crippen LogP contribution in [0.4, 0.5) is 11.8 Å². The van der Waals surface area contributed by atoms with Crippen molar-refractivity contribution in [3.63, 3.8) is 0 Å². The second kappa shape index (κ2) is 14.6. The number of nitrogens with one attached hydrogen (secondary N) is 1. The molecule has 0 bridgehead atoms. The zero-order valence-electron chi connectivity index (χ0n) is 21.5. The number of anilines is 2. The number of esters is 4. The number of rotatable bonds is 15. The third-order valence-electron chi connectivity index (χ3n) is 5.19. The van der Waals surface area contributed by atoms with Gasteiger partial charge in [0, 0.05) is 52.6 Å². The van der Waals surface area contributed by atoms with Crippen molar-refractivity contribution >= 4 is 46.8 Å². The van der Waals surface area contributed by atoms with E-state index in [1.807, 2.05) is 0 Å². The minimum Gasteiger partial charge on any atom is -0.465 e. The number of aromatic nitrogens is 4. The van der Waals surface area contributed by atoms with E-state index in [2.05, 4.69) is 20.3 Å². The molecule has 2 rings (SSSR count). The van der Waals surface area contributed by atoms with Crippen LogP contribution in [0.2, 0.25) is 0 Å². The molecule has 0 saturated heterocycles. The van der Waals surface area contributed by atoms with Crippen LogP contribution in [0.5, 0.6) is 0 Å². The van der Waals surface area contributed by atoms with Crippen LogP contribution in [0.25, 0.3) is 11.2 Å². The van der Waals surface area contributed by atoms with E-state index in [1.54, 1.807) is 10.9 Å². The van der Waals surface area contributed by atoms with Crippen molar-refractivity contribution in [2.45, 2.75) is 47.1 Å². The lowest BCUT2D eigenvalue weighted by molar-refractivity contribution is -0.148. The molecule has 2 aromatic heterocycles. The molecule has 14 heteroatoms. The first-order valence-electron chi connectivity index (χ1n) is 11.8. The Morgan fingerprint density at radius 1 is 0.838 bits per heavy atom. The van der Waals surface area contributed by atoms with Crippen molar-refractivity contribution in [1.29, 1.82) is 0 Å². The van der Waals surface area contributed by atoms with Gasteiger partial charge in [-0.1, -0.05) is 0 Å². The minimum absolute atomic E-state index is 0.0458. The van der Waals surface area contributed by atoms with Crippen LogP contribution in [0.15, 0.2) is 6.33 Å². The molecule has 2 aromatic rings. The van der Waals surface area contributed by atoms with Crippen molar-refractivity contribution in [2.75, 3.05) is 44.0 Å². The fourth-order valence-corrected chi connectivity index (χ4v) is 3.33. The summed E-state index contributed by atoms with van der Waals surface area (Å²) in [7, 11) is 0. The second-order valence-corrected chi connectivity index (χ2v) is 8.49. The molecule has 0 spiro atoms. The molecule has 0 radical (unpaired) electrons. The first-order chi connectivity index (χ1) is 17.5. The smallest absolute Gasteiger partial charge is 0.302 e. The predicted molar refractivity (Wildman–Crippen MR) is 131 cm³/mol. The molecule has 0 amide bonds. The Morgan fingerprint density at radius 2 is 1.32 bits per heavy atom. The fraction of sp³-hybridized carbons (Fsp3) is 0.609. The maximum Gasteiger partial charge on any atom is 0.302 e. The average Bonchev–Trinajstić information content (AvgIpc) is 3.22. The molecule has 3 N–H and O–H groups in total. The molecule has 0 unspecified atom stereocenters. The van der Waals surface area contributed by atoms with Crippen LogP contribution >= 0.6 is 0 Å². The Labute approximate surface area is 214 Å². The highest BCUT2D eigenvalue weighted by molar-refractivity contribution is 5.84. The van der Waals surface area contributed by atoms with Crippen LogP contribution < -0.4 is 11.1 Å². The topological polar surface area (TPSA) is 187 Å². The summed E-state index contributed by atoms with van der Waals surface area (Å²) in [5, 5.41) is 3.18. The predicted octanol–water partition coefficient (Wildman–Crippen LogP) is 1.09. The standard InChI is InChI=1S/C23H34N6O8/c1-14(30)34-9-18(10-35-15(2)31)5-7-25-21-20-22(28-23(24)27-21)29(13-26-20)8-6-19(11-36-16(3)32)12-37-17(4)33/h13,18-19H,5-12H2,1-4H3,(H3,24,25,27,28). The molecule has 0 aromatic carbocycles. The van der Waals surface area contributed by atoms with E-state index in [9.17, 15) is 19.2 Å². The van der Waals surface area contributed by atoms with Gasteiger partial charge >= 0.3 is 23.9 Å². The molecule has 0 aliphatic carbocycles. The Bertz CT molecular complexity index is 1050. The molecule has 0 atom stereocenters. The van der Waals surface area contributed by atoms with E-state index in [0.29, 0.717) is 42.9 Å². The summed E-state index contributed by atoms with van der Waals surface area (Å²) >= 11 is 0. The number of carbonyl (C=O) groups is 4. The molecule has 0 aliphatic rings. The van der Waals surface area contributed by atoms with Gasteiger partial charge in [-0.05, 0) is 12.8 Å². The van der Waals surface area contributed by atoms with Crippen LogP contribution in [-0.4, -0.2) is 76.4 Å². The molecule has 204 valence electrons. The summed E-state index contributed by atoms with van der Waals surface area (Å²) in [6, 6.07) is 0. The second-order valence-electron chi connectivity index (χ2n) is 8.49. The minimum atomic E-state index is -0.417. The SMILES string of the molecule is CC(=O)OCC(CCNc1nc(N)nc2c1ncn2CCC(COC(C)=O)COC(C)=O)COC(C)=O. The highest BCUT2D eigenvalue weighted by Crippen LogP contribution is 2.21. The van der Waals surface area contributed by atoms with Gasteiger partial charge in [0.15, 0.2) is 17.0 Å². The molecular formula is C23H34N6O8. The number of imidazole rings is 1. The average molecular weight is 523 g/mol. The fourth-order valence-electron chi connectivity index (χ4n) is 3.33. The zero-order valence-corrected chi connectivity index (χ0v) is 21.5. The van der Waals surface area contributed by atoms with Crippen molar-refractivity contribution < 1.29 is 38.1 Å². The molecule has 14 nitrogen and oxygen atoms in total. The lowest BCUT2D eigenvalue weighted by Gasteiger charge is -2.17. The van der Waals surface area contributed by atoms with E-state index in [4.69, 9.17) is 24.7 Å². The molecule has 37 heavy (non-hydrogen) atoms. The molecular weight excluding hydrogens is 488 g/mol. The number of hydrogen-bond acceptors (Lipinski definition) is 13. The van der Waals surface area contributed by atoms with Crippen molar-refractivity contribution in [3.8, 4) is 0 Å². The van der Waals surface area contributed by atoms with E-state index in [1.165, 1.54) is 27.7 Å². The third kappa shape index (κ3) is 10.7. The van der Waals surface area contributed by atoms with Gasteiger partial charge in [-0.3, -0.25) is 19.2 Å². The molecule has 0 aliphatic heterocycles. The zero-order chi connectivity index (χ0) is 27.4. The normalized spacial score (nSPS) is 11.0. The van der Waals surface area contributed by atoms with E-state index in [0.717, 1.165) is 0 Å². The van der Waals surface area contributed by atoms with Crippen LogP contribution in [0.3, 0.4) is 0 Å². The lowest BCUT2D eigenvalue weighted by Crippen LogP contribution is -2.22. The first kappa shape index (κ1) is 29.3. The highest BCUT2D eigenvalue weighted by atomic mass is 16.6. The monoisotopic (exact) mass is 522 g/mol. The van der Waals surface area contributed by atoms with E-state index in [-0.39, 0.29) is 44.2 Å². The van der Waals surface area contributed by atoms with Gasteiger partial charge in [0.25, 0.3) is 0 Å². The molecule has 0 saturated carbocycles. The summed E-state index contributed by atoms with van der Waals surface area (Å²) in [6.45, 7) is 6.57. The summed E-state index contributed by atoms with van der Waals surface area (Å²) in [4.78, 5) is 57.7. The number of ether oxygens (including phenoxy) is 4. The summed E-state index contributed by atoms with van der Waals surface area (Å²) in [6.07, 6.45) is 2.64. The number of hydrogen-bond donors (Lipinski definition) is 2. The summed E-state index contributed by atoms with van der Waals surface area (Å²) in [5.41, 5.74) is 6.94. The van der Waals surface area contributed by atoms with Gasteiger partial charge in [-0.25, -0.2) is 4.98 Å². The van der Waals surface area contributed by atoms with Crippen LogP contribution in [0, 0.1) is 11.8 Å². The Kier molecular flexibility index (Phi) is 11.5. The first-order valence-corrected chi connectivity index (χ1v) is 11.8. The maximum atomic E-state index is 11.2. The Hall–Kier alpha value is -3.97. The summed E-state index contributed by atoms with van der Waals surface area (Å²) < 4.78 is 22.1. The summed E-state index contributed by atoms with van der Waals surface area (Å²) in [5.74, 6) is -1.62. The number of nitrogen functional groups attached to an aromatic ring is 1. The third-order valence-corrected chi connectivity index (χ3v) is 5.19. The van der Waals surface area contributed by atoms with Crippen LogP contribution in [-0.2, 0) is 44.7 Å². The maximum absolute atomic E-state index is 11.2. The molecule has 0 fully saturated rings. The molecule has 2 heterocycles. The number of fused-ring (bicyclic) bond motifs is 1. The quantitative estimate of drug-likeness (QED) is 0.250. The largest absolute Gasteiger partial charge is 0.465 e. The van der Waals surface area contributed by atoms with Crippen LogP contribution in [0.1, 0.15) is 40.5 Å². The number of aryl methyl sites for hydroxylation is 1. The van der Waals surface area contributed by atoms with Crippen molar-refractivity contribution in [2.24, 2.45) is 11.8 Å². The van der Waals surface area contributed by atoms with Gasteiger partial charge in [0.2, 0.25) is 5.95 Å². The number of nitrogens with two attached hydrogens (primary N) is 1. The number of carbonyl (C=O) groups excluding carboxylic acids is 4. The van der Waals surface area contributed by atoms with Gasteiger partial charge in [0.1, 0.15) is 0 Å². The Morgan fingerprint density at radius 3 is 1.81 bits per heavy atom. The van der Waals surface area contributed by atoms with E-state index < -0.39 is 23.9 Å². The van der Waals surface area contributed by atoms with Crippen molar-refractivity contribution in [1.82, 2.24) is 19.5 Å². The number of nitrogens with zero attached hydrogens (tertiary/aromatic N) is 4. The Balaban J connectivity index is 2.06. The van der Waals surface area contributed by atoms with Gasteiger partial charge in [-0.2, -0.15) is 9.97 Å². The van der Waals surface area contributed by atoms with Gasteiger partial charge < -0.3 is 34.6 Å². The van der Waals surface area contributed by atoms with Crippen molar-refractivity contribution in [3.05, 3.63) is 6.33 Å². The van der Waals surface area contributed by atoms with Gasteiger partial charge in [0.05, 0.1) is 32.8 Å². The highest BCUT2D eigenvalue weighted by Gasteiger charge is 2.18. The van der Waals surface area contributed by atoms with E-state index >= 15 is 0 Å². The van der Waals surface area contributed by atoms with Gasteiger partial charge in [-0.15, -0.1) is 0 Å².